The second kappa shape index (κ2) is 3.67. The second-order valence-electron chi connectivity index (χ2n) is 2.56. The van der Waals surface area contributed by atoms with Crippen LogP contribution in [0.3, 0.4) is 0 Å². The quantitative estimate of drug-likeness (QED) is 0.422. The standard InChI is InChI=1S/C8H8ClIN2/c1-12-6-2-3-7(10)8(12,9)4-5-11/h2-3,6H,4H2,1H3. The summed E-state index contributed by atoms with van der Waals surface area (Å²) in [5, 5.41) is 8.60. The molecule has 1 unspecified atom stereocenters. The number of halogens is 2. The van der Waals surface area contributed by atoms with Gasteiger partial charge in [-0.3, -0.25) is 0 Å². The molecule has 0 fully saturated rings. The Balaban J connectivity index is 2.95. The molecule has 1 atom stereocenters. The zero-order chi connectivity index (χ0) is 9.19. The molecule has 0 amide bonds. The number of hydrogen-bond acceptors (Lipinski definition) is 2. The third-order valence-corrected chi connectivity index (χ3v) is 3.97. The molecule has 4 heteroatoms. The van der Waals surface area contributed by atoms with E-state index < -0.39 is 5.00 Å². The first-order valence-corrected chi connectivity index (χ1v) is 4.90. The van der Waals surface area contributed by atoms with Crippen LogP contribution in [0.15, 0.2) is 21.9 Å². The molecule has 1 aliphatic heterocycles. The number of hydrogen-bond donors (Lipinski definition) is 0. The molecular weight excluding hydrogens is 286 g/mol. The number of likely N-dealkylation sites (N-methyl/N-ethyl adjacent to an activating group) is 1. The minimum Gasteiger partial charge on any atom is -0.357 e. The van der Waals surface area contributed by atoms with Crippen LogP contribution in [0.25, 0.3) is 0 Å². The molecule has 0 N–H and O–H groups in total. The van der Waals surface area contributed by atoms with Crippen LogP contribution in [0.2, 0.25) is 0 Å². The smallest absolute Gasteiger partial charge is 0.158 e. The molecule has 2 nitrogen and oxygen atoms in total. The zero-order valence-electron chi connectivity index (χ0n) is 6.59. The predicted octanol–water partition coefficient (Wildman–Crippen LogP) is 2.61. The van der Waals surface area contributed by atoms with Crippen molar-refractivity contribution in [3.8, 4) is 6.07 Å². The van der Waals surface area contributed by atoms with Gasteiger partial charge in [-0.1, -0.05) is 11.6 Å². The number of nitrogens with zero attached hydrogens (tertiary/aromatic N) is 2. The monoisotopic (exact) mass is 294 g/mol. The summed E-state index contributed by atoms with van der Waals surface area (Å²) in [6.07, 6.45) is 6.00. The lowest BCUT2D eigenvalue weighted by atomic mass is 10.1. The SMILES string of the molecule is CN1C=CC=C(I)C1(Cl)CC#N. The van der Waals surface area contributed by atoms with Crippen molar-refractivity contribution in [2.75, 3.05) is 7.05 Å². The van der Waals surface area contributed by atoms with Gasteiger partial charge in [-0.15, -0.1) is 0 Å². The Morgan fingerprint density at radius 2 is 2.50 bits per heavy atom. The molecule has 0 radical (unpaired) electrons. The van der Waals surface area contributed by atoms with Crippen molar-refractivity contribution >= 4 is 34.2 Å². The molecule has 0 aromatic rings. The Labute approximate surface area is 90.6 Å². The minimum atomic E-state index is -0.649. The summed E-state index contributed by atoms with van der Waals surface area (Å²) < 4.78 is 0.980. The van der Waals surface area contributed by atoms with Crippen LogP contribution in [-0.2, 0) is 0 Å². The topological polar surface area (TPSA) is 27.0 Å². The molecule has 0 aliphatic carbocycles. The lowest BCUT2D eigenvalue weighted by molar-refractivity contribution is 0.336. The van der Waals surface area contributed by atoms with Crippen molar-refractivity contribution < 1.29 is 0 Å². The van der Waals surface area contributed by atoms with Crippen LogP contribution in [0.5, 0.6) is 0 Å². The molecule has 1 heterocycles. The molecule has 0 aromatic heterocycles. The largest absolute Gasteiger partial charge is 0.357 e. The summed E-state index contributed by atoms with van der Waals surface area (Å²) in [5.74, 6) is 0. The summed E-state index contributed by atoms with van der Waals surface area (Å²) in [5.41, 5.74) is 0. The second-order valence-corrected chi connectivity index (χ2v) is 4.35. The van der Waals surface area contributed by atoms with Gasteiger partial charge in [-0.2, -0.15) is 5.26 Å². The highest BCUT2D eigenvalue weighted by atomic mass is 127. The molecule has 1 rings (SSSR count). The van der Waals surface area contributed by atoms with Gasteiger partial charge in [0.05, 0.1) is 12.5 Å². The van der Waals surface area contributed by atoms with E-state index in [0.717, 1.165) is 3.58 Å². The van der Waals surface area contributed by atoms with Gasteiger partial charge in [0.15, 0.2) is 5.00 Å². The van der Waals surface area contributed by atoms with Crippen LogP contribution in [0.1, 0.15) is 6.42 Å². The van der Waals surface area contributed by atoms with Crippen LogP contribution in [-0.4, -0.2) is 16.9 Å². The Bertz CT molecular complexity index is 279. The highest BCUT2D eigenvalue weighted by Gasteiger charge is 2.34. The maximum atomic E-state index is 8.60. The summed E-state index contributed by atoms with van der Waals surface area (Å²) in [6.45, 7) is 0. The Kier molecular flexibility index (Phi) is 3.02. The molecule has 0 bridgehead atoms. The average molecular weight is 295 g/mol. The molecule has 0 spiro atoms. The first-order chi connectivity index (χ1) is 5.61. The van der Waals surface area contributed by atoms with Crippen molar-refractivity contribution in [1.82, 2.24) is 4.90 Å². The van der Waals surface area contributed by atoms with Gasteiger partial charge in [-0.05, 0) is 34.7 Å². The van der Waals surface area contributed by atoms with Crippen LogP contribution >= 0.6 is 34.2 Å². The highest BCUT2D eigenvalue weighted by molar-refractivity contribution is 14.1. The Morgan fingerprint density at radius 1 is 1.83 bits per heavy atom. The maximum Gasteiger partial charge on any atom is 0.158 e. The van der Waals surface area contributed by atoms with E-state index in [1.165, 1.54) is 0 Å². The fraction of sp³-hybridized carbons (Fsp3) is 0.375. The lowest BCUT2D eigenvalue weighted by Crippen LogP contribution is -2.39. The van der Waals surface area contributed by atoms with Crippen LogP contribution in [0, 0.1) is 11.3 Å². The lowest BCUT2D eigenvalue weighted by Gasteiger charge is -2.35. The van der Waals surface area contributed by atoms with Gasteiger partial charge in [0.25, 0.3) is 0 Å². The maximum absolute atomic E-state index is 8.60. The average Bonchev–Trinajstić information content (AvgIpc) is 2.02. The molecule has 12 heavy (non-hydrogen) atoms. The summed E-state index contributed by atoms with van der Waals surface area (Å²) >= 11 is 8.41. The zero-order valence-corrected chi connectivity index (χ0v) is 9.50. The number of allylic oxidation sites excluding steroid dienone is 2. The molecule has 1 aliphatic rings. The first-order valence-electron chi connectivity index (χ1n) is 3.44. The minimum absolute atomic E-state index is 0.296. The molecule has 0 saturated carbocycles. The number of alkyl halides is 1. The van der Waals surface area contributed by atoms with Gasteiger partial charge in [-0.25, -0.2) is 0 Å². The molecule has 0 saturated heterocycles. The fourth-order valence-corrected chi connectivity index (χ4v) is 1.94. The van der Waals surface area contributed by atoms with E-state index >= 15 is 0 Å². The van der Waals surface area contributed by atoms with E-state index in [-0.39, 0.29) is 0 Å². The van der Waals surface area contributed by atoms with E-state index in [9.17, 15) is 0 Å². The van der Waals surface area contributed by atoms with Gasteiger partial charge in [0, 0.05) is 16.8 Å². The van der Waals surface area contributed by atoms with Gasteiger partial charge in [0.1, 0.15) is 0 Å². The number of nitriles is 1. The van der Waals surface area contributed by atoms with Crippen molar-refractivity contribution in [3.05, 3.63) is 21.9 Å². The van der Waals surface area contributed by atoms with Gasteiger partial charge in [0.2, 0.25) is 0 Å². The van der Waals surface area contributed by atoms with Gasteiger partial charge < -0.3 is 4.90 Å². The van der Waals surface area contributed by atoms with E-state index in [4.69, 9.17) is 16.9 Å². The summed E-state index contributed by atoms with van der Waals surface area (Å²) in [6, 6.07) is 2.09. The van der Waals surface area contributed by atoms with E-state index in [0.29, 0.717) is 6.42 Å². The van der Waals surface area contributed by atoms with Crippen molar-refractivity contribution in [2.24, 2.45) is 0 Å². The molecule has 64 valence electrons. The highest BCUT2D eigenvalue weighted by Crippen LogP contribution is 2.38. The van der Waals surface area contributed by atoms with Crippen LogP contribution < -0.4 is 0 Å². The number of rotatable bonds is 1. The Morgan fingerprint density at radius 3 is 3.00 bits per heavy atom. The summed E-state index contributed by atoms with van der Waals surface area (Å²) in [4.78, 5) is 1.20. The van der Waals surface area contributed by atoms with E-state index in [2.05, 4.69) is 28.7 Å². The predicted molar refractivity (Wildman–Crippen MR) is 57.8 cm³/mol. The van der Waals surface area contributed by atoms with E-state index in [1.54, 1.807) is 0 Å². The van der Waals surface area contributed by atoms with Crippen molar-refractivity contribution in [2.45, 2.75) is 11.4 Å². The fourth-order valence-electron chi connectivity index (χ4n) is 0.985. The van der Waals surface area contributed by atoms with Crippen molar-refractivity contribution in [1.29, 1.82) is 5.26 Å². The normalized spacial score (nSPS) is 28.2. The third kappa shape index (κ3) is 1.59. The summed E-state index contributed by atoms with van der Waals surface area (Å²) in [7, 11) is 1.87. The molecular formula is C8H8ClIN2. The third-order valence-electron chi connectivity index (χ3n) is 1.79. The van der Waals surface area contributed by atoms with Gasteiger partial charge >= 0.3 is 0 Å². The Hall–Kier alpha value is -0.210. The van der Waals surface area contributed by atoms with E-state index in [1.807, 2.05) is 30.3 Å². The first kappa shape index (κ1) is 9.87. The van der Waals surface area contributed by atoms with Crippen molar-refractivity contribution in [3.63, 3.8) is 0 Å². The van der Waals surface area contributed by atoms with Crippen LogP contribution in [0.4, 0.5) is 0 Å². The molecule has 0 aromatic carbocycles.